The van der Waals surface area contributed by atoms with Crippen molar-refractivity contribution < 1.29 is 4.79 Å². The first kappa shape index (κ1) is 12.3. The summed E-state index contributed by atoms with van der Waals surface area (Å²) in [6.45, 7) is 0. The zero-order valence-electron chi connectivity index (χ0n) is 9.66. The molecule has 0 aliphatic heterocycles. The molecule has 0 radical (unpaired) electrons. The van der Waals surface area contributed by atoms with Crippen molar-refractivity contribution in [2.75, 3.05) is 5.33 Å². The third-order valence-corrected chi connectivity index (χ3v) is 3.42. The average molecular weight is 291 g/mol. The quantitative estimate of drug-likeness (QED) is 0.447. The van der Waals surface area contributed by atoms with Crippen molar-refractivity contribution >= 4 is 32.5 Å². The molecule has 1 nitrogen and oxygen atoms in total. The zero-order valence-corrected chi connectivity index (χ0v) is 11.2. The number of carbonyl (C=O) groups is 1. The minimum Gasteiger partial charge on any atom is -0.294 e. The van der Waals surface area contributed by atoms with E-state index in [2.05, 4.69) is 22.0 Å². The van der Waals surface area contributed by atoms with E-state index < -0.39 is 0 Å². The normalized spacial score (nSPS) is 10.6. The molecule has 88 valence electrons. The second kappa shape index (κ2) is 5.97. The molecule has 0 aliphatic rings. The van der Waals surface area contributed by atoms with Crippen molar-refractivity contribution in [2.45, 2.75) is 19.3 Å². The Morgan fingerprint density at radius 3 is 2.53 bits per heavy atom. The number of rotatable bonds is 5. The molecule has 0 unspecified atom stereocenters. The van der Waals surface area contributed by atoms with E-state index in [1.54, 1.807) is 0 Å². The minimum absolute atomic E-state index is 0.247. The second-order valence-electron chi connectivity index (χ2n) is 4.13. The van der Waals surface area contributed by atoms with E-state index >= 15 is 0 Å². The van der Waals surface area contributed by atoms with Crippen LogP contribution in [0.4, 0.5) is 0 Å². The largest absolute Gasteiger partial charge is 0.294 e. The molecule has 0 aliphatic carbocycles. The zero-order chi connectivity index (χ0) is 12.1. The van der Waals surface area contributed by atoms with Crippen LogP contribution in [0.15, 0.2) is 42.5 Å². The lowest BCUT2D eigenvalue weighted by atomic mass is 10.0. The summed E-state index contributed by atoms with van der Waals surface area (Å²) in [5.74, 6) is 0.247. The maximum atomic E-state index is 11.9. The van der Waals surface area contributed by atoms with Gasteiger partial charge in [-0.1, -0.05) is 52.3 Å². The van der Waals surface area contributed by atoms with Gasteiger partial charge in [-0.05, 0) is 29.7 Å². The molecule has 2 rings (SSSR count). The van der Waals surface area contributed by atoms with Crippen molar-refractivity contribution in [3.05, 3.63) is 48.0 Å². The molecule has 17 heavy (non-hydrogen) atoms. The van der Waals surface area contributed by atoms with E-state index in [1.165, 1.54) is 5.39 Å². The molecule has 0 fully saturated rings. The van der Waals surface area contributed by atoms with Gasteiger partial charge in [-0.2, -0.15) is 0 Å². The van der Waals surface area contributed by atoms with Crippen LogP contribution < -0.4 is 0 Å². The van der Waals surface area contributed by atoms with Crippen molar-refractivity contribution in [1.82, 2.24) is 0 Å². The number of hydrogen-bond acceptors (Lipinski definition) is 1. The SMILES string of the molecule is O=C(CCCCBr)c1ccc2ccccc2c1. The van der Waals surface area contributed by atoms with Crippen molar-refractivity contribution in [3.8, 4) is 0 Å². The summed E-state index contributed by atoms with van der Waals surface area (Å²) in [5, 5.41) is 3.29. The number of alkyl halides is 1. The van der Waals surface area contributed by atoms with Gasteiger partial charge in [0.15, 0.2) is 5.78 Å². The number of benzene rings is 2. The molecule has 0 spiro atoms. The number of fused-ring (bicyclic) bond motifs is 1. The lowest BCUT2D eigenvalue weighted by molar-refractivity contribution is 0.0980. The molecule has 2 heteroatoms. The lowest BCUT2D eigenvalue weighted by Crippen LogP contribution is -1.98. The fourth-order valence-electron chi connectivity index (χ4n) is 1.89. The summed E-state index contributed by atoms with van der Waals surface area (Å²) in [5.41, 5.74) is 0.832. The summed E-state index contributed by atoms with van der Waals surface area (Å²) in [4.78, 5) is 11.9. The van der Waals surface area contributed by atoms with Gasteiger partial charge in [0, 0.05) is 17.3 Å². The third kappa shape index (κ3) is 3.16. The van der Waals surface area contributed by atoms with Crippen LogP contribution in [0.25, 0.3) is 10.8 Å². The smallest absolute Gasteiger partial charge is 0.162 e. The highest BCUT2D eigenvalue weighted by molar-refractivity contribution is 9.09. The molecule has 0 saturated heterocycles. The van der Waals surface area contributed by atoms with Crippen LogP contribution in [-0.4, -0.2) is 11.1 Å². The van der Waals surface area contributed by atoms with Gasteiger partial charge >= 0.3 is 0 Å². The van der Waals surface area contributed by atoms with Gasteiger partial charge in [-0.15, -0.1) is 0 Å². The maximum Gasteiger partial charge on any atom is 0.162 e. The van der Waals surface area contributed by atoms with E-state index in [0.29, 0.717) is 6.42 Å². The van der Waals surface area contributed by atoms with E-state index in [9.17, 15) is 4.79 Å². The number of halogens is 1. The van der Waals surface area contributed by atoms with Gasteiger partial charge in [0.25, 0.3) is 0 Å². The van der Waals surface area contributed by atoms with Gasteiger partial charge in [-0.3, -0.25) is 4.79 Å². The Bertz CT molecular complexity index is 519. The summed E-state index contributed by atoms with van der Waals surface area (Å²) >= 11 is 3.38. The summed E-state index contributed by atoms with van der Waals surface area (Å²) in [6.07, 6.45) is 2.65. The van der Waals surface area contributed by atoms with Gasteiger partial charge < -0.3 is 0 Å². The van der Waals surface area contributed by atoms with Crippen LogP contribution in [0.1, 0.15) is 29.6 Å². The van der Waals surface area contributed by atoms with Gasteiger partial charge in [0.05, 0.1) is 0 Å². The molecule has 2 aromatic rings. The molecule has 0 saturated carbocycles. The molecular weight excluding hydrogens is 276 g/mol. The van der Waals surface area contributed by atoms with Crippen LogP contribution >= 0.6 is 15.9 Å². The minimum atomic E-state index is 0.247. The number of carbonyl (C=O) groups excluding carboxylic acids is 1. The maximum absolute atomic E-state index is 11.9. The van der Waals surface area contributed by atoms with Gasteiger partial charge in [0.1, 0.15) is 0 Å². The molecule has 0 bridgehead atoms. The van der Waals surface area contributed by atoms with Crippen molar-refractivity contribution in [2.24, 2.45) is 0 Å². The Morgan fingerprint density at radius 1 is 1.00 bits per heavy atom. The highest BCUT2D eigenvalue weighted by atomic mass is 79.9. The molecule has 0 atom stereocenters. The first-order chi connectivity index (χ1) is 8.31. The van der Waals surface area contributed by atoms with Crippen molar-refractivity contribution in [3.63, 3.8) is 0 Å². The molecular formula is C15H15BrO. The van der Waals surface area contributed by atoms with Gasteiger partial charge in [0.2, 0.25) is 0 Å². The number of ketones is 1. The first-order valence-electron chi connectivity index (χ1n) is 5.89. The highest BCUT2D eigenvalue weighted by Crippen LogP contribution is 2.17. The summed E-state index contributed by atoms with van der Waals surface area (Å²) in [7, 11) is 0. The van der Waals surface area contributed by atoms with Crippen LogP contribution in [0.5, 0.6) is 0 Å². The third-order valence-electron chi connectivity index (χ3n) is 2.86. The molecule has 2 aromatic carbocycles. The van der Waals surface area contributed by atoms with Crippen LogP contribution in [0.3, 0.4) is 0 Å². The average Bonchev–Trinajstić information content (AvgIpc) is 2.38. The van der Waals surface area contributed by atoms with E-state index in [1.807, 2.05) is 36.4 Å². The second-order valence-corrected chi connectivity index (χ2v) is 4.92. The summed E-state index contributed by atoms with van der Waals surface area (Å²) in [6, 6.07) is 14.1. The number of hydrogen-bond donors (Lipinski definition) is 0. The van der Waals surface area contributed by atoms with Gasteiger partial charge in [-0.25, -0.2) is 0 Å². The molecule has 0 aromatic heterocycles. The Kier molecular flexibility index (Phi) is 4.32. The molecule has 0 heterocycles. The molecule has 0 N–H and O–H groups in total. The Labute approximate surface area is 110 Å². The number of Topliss-reactive ketones (excluding diaryl/α,β-unsaturated/α-hetero) is 1. The topological polar surface area (TPSA) is 17.1 Å². The van der Waals surface area contributed by atoms with E-state index in [4.69, 9.17) is 0 Å². The van der Waals surface area contributed by atoms with E-state index in [0.717, 1.165) is 29.1 Å². The highest BCUT2D eigenvalue weighted by Gasteiger charge is 2.05. The van der Waals surface area contributed by atoms with Crippen LogP contribution in [0.2, 0.25) is 0 Å². The van der Waals surface area contributed by atoms with Crippen LogP contribution in [-0.2, 0) is 0 Å². The Hall–Kier alpha value is -1.15. The van der Waals surface area contributed by atoms with E-state index in [-0.39, 0.29) is 5.78 Å². The van der Waals surface area contributed by atoms with Crippen LogP contribution in [0, 0.1) is 0 Å². The standard InChI is InChI=1S/C15H15BrO/c16-10-4-3-7-15(17)14-9-8-12-5-1-2-6-13(12)11-14/h1-2,5-6,8-9,11H,3-4,7,10H2. The molecule has 0 amide bonds. The fraction of sp³-hybridized carbons (Fsp3) is 0.267. The van der Waals surface area contributed by atoms with Crippen molar-refractivity contribution in [1.29, 1.82) is 0 Å². The lowest BCUT2D eigenvalue weighted by Gasteiger charge is -2.03. The number of unbranched alkanes of at least 4 members (excludes halogenated alkanes) is 1. The Morgan fingerprint density at radius 2 is 1.76 bits per heavy atom. The fourth-order valence-corrected chi connectivity index (χ4v) is 2.28. The predicted octanol–water partition coefficient (Wildman–Crippen LogP) is 4.59. The summed E-state index contributed by atoms with van der Waals surface area (Å²) < 4.78 is 0. The predicted molar refractivity (Wildman–Crippen MR) is 75.9 cm³/mol. The Balaban J connectivity index is 2.15. The first-order valence-corrected chi connectivity index (χ1v) is 7.01. The monoisotopic (exact) mass is 290 g/mol.